The summed E-state index contributed by atoms with van der Waals surface area (Å²) in [6.07, 6.45) is 3.55. The first-order chi connectivity index (χ1) is 10.9. The lowest BCUT2D eigenvalue weighted by Crippen LogP contribution is -2.16. The van der Waals surface area contributed by atoms with E-state index < -0.39 is 0 Å². The van der Waals surface area contributed by atoms with Crippen LogP contribution in [0, 0.1) is 0 Å². The van der Waals surface area contributed by atoms with Crippen LogP contribution in [0.25, 0.3) is 0 Å². The lowest BCUT2D eigenvalue weighted by Gasteiger charge is -2.12. The van der Waals surface area contributed by atoms with Gasteiger partial charge in [0, 0.05) is 18.8 Å². The van der Waals surface area contributed by atoms with Crippen LogP contribution >= 0.6 is 0 Å². The van der Waals surface area contributed by atoms with E-state index in [9.17, 15) is 0 Å². The monoisotopic (exact) mass is 297 g/mol. The number of hydrogen-bond acceptors (Lipinski definition) is 3. The number of anilines is 1. The predicted octanol–water partition coefficient (Wildman–Crippen LogP) is 3.90. The summed E-state index contributed by atoms with van der Waals surface area (Å²) in [6.45, 7) is 2.46. The van der Waals surface area contributed by atoms with Crippen LogP contribution in [0.3, 0.4) is 0 Å². The zero-order valence-electron chi connectivity index (χ0n) is 12.8. The highest BCUT2D eigenvalue weighted by atomic mass is 16.5. The zero-order chi connectivity index (χ0) is 15.0. The Morgan fingerprint density at radius 2 is 1.86 bits per heavy atom. The fraction of sp³-hybridized carbons (Fsp3) is 0.368. The fourth-order valence-corrected chi connectivity index (χ4v) is 2.63. The van der Waals surface area contributed by atoms with E-state index >= 15 is 0 Å². The molecule has 2 aromatic rings. The second-order valence-electron chi connectivity index (χ2n) is 5.63. The Balaban J connectivity index is 1.41. The van der Waals surface area contributed by atoms with Crippen molar-refractivity contribution < 1.29 is 9.47 Å². The summed E-state index contributed by atoms with van der Waals surface area (Å²) < 4.78 is 11.3. The largest absolute Gasteiger partial charge is 0.491 e. The van der Waals surface area contributed by atoms with Gasteiger partial charge in [-0.15, -0.1) is 0 Å². The lowest BCUT2D eigenvalue weighted by atomic mass is 10.1. The number of benzene rings is 2. The second kappa shape index (κ2) is 7.85. The molecule has 1 fully saturated rings. The molecule has 0 spiro atoms. The standard InChI is InChI=1S/C19H23NO2/c1-2-5-16(6-3-1)12-13-20-17-8-10-18(11-9-17)22-15-19-7-4-14-21-19/h1-3,5-6,8-11,19-20H,4,7,12-15H2. The van der Waals surface area contributed by atoms with Crippen molar-refractivity contribution in [3.05, 3.63) is 60.2 Å². The molecule has 0 saturated carbocycles. The topological polar surface area (TPSA) is 30.5 Å². The van der Waals surface area contributed by atoms with Crippen LogP contribution in [-0.2, 0) is 11.2 Å². The third-order valence-electron chi connectivity index (χ3n) is 3.90. The Kier molecular flexibility index (Phi) is 5.32. The molecule has 1 aliphatic heterocycles. The van der Waals surface area contributed by atoms with Gasteiger partial charge in [-0.25, -0.2) is 0 Å². The Labute approximate surface area is 132 Å². The first-order valence-electron chi connectivity index (χ1n) is 8.02. The molecule has 1 atom stereocenters. The van der Waals surface area contributed by atoms with Crippen molar-refractivity contribution in [2.75, 3.05) is 25.1 Å². The molecule has 2 aromatic carbocycles. The van der Waals surface area contributed by atoms with Crippen molar-refractivity contribution in [1.29, 1.82) is 0 Å². The van der Waals surface area contributed by atoms with Crippen LogP contribution in [-0.4, -0.2) is 25.9 Å². The van der Waals surface area contributed by atoms with Gasteiger partial charge in [-0.2, -0.15) is 0 Å². The Bertz CT molecular complexity index is 547. The zero-order valence-corrected chi connectivity index (χ0v) is 12.8. The first kappa shape index (κ1) is 14.9. The van der Waals surface area contributed by atoms with E-state index in [4.69, 9.17) is 9.47 Å². The van der Waals surface area contributed by atoms with Gasteiger partial charge in [-0.1, -0.05) is 30.3 Å². The predicted molar refractivity (Wildman–Crippen MR) is 89.5 cm³/mol. The molecule has 0 radical (unpaired) electrons. The molecule has 0 bridgehead atoms. The Morgan fingerprint density at radius 1 is 1.05 bits per heavy atom. The minimum Gasteiger partial charge on any atom is -0.491 e. The van der Waals surface area contributed by atoms with E-state index in [1.54, 1.807) is 0 Å². The maximum absolute atomic E-state index is 5.77. The lowest BCUT2D eigenvalue weighted by molar-refractivity contribution is 0.0679. The summed E-state index contributed by atoms with van der Waals surface area (Å²) in [5.41, 5.74) is 2.48. The molecule has 0 aliphatic carbocycles. The maximum atomic E-state index is 5.77. The summed E-state index contributed by atoms with van der Waals surface area (Å²) in [5.74, 6) is 0.907. The average molecular weight is 297 g/mol. The molecule has 1 unspecified atom stereocenters. The fourth-order valence-electron chi connectivity index (χ4n) is 2.63. The van der Waals surface area contributed by atoms with Gasteiger partial charge in [-0.05, 0) is 49.1 Å². The van der Waals surface area contributed by atoms with E-state index in [0.717, 1.165) is 43.9 Å². The molecule has 116 valence electrons. The molecule has 3 rings (SSSR count). The third kappa shape index (κ3) is 4.50. The van der Waals surface area contributed by atoms with Gasteiger partial charge < -0.3 is 14.8 Å². The normalized spacial score (nSPS) is 17.4. The maximum Gasteiger partial charge on any atom is 0.119 e. The van der Waals surface area contributed by atoms with Crippen LogP contribution in [0.5, 0.6) is 5.75 Å². The van der Waals surface area contributed by atoms with E-state index in [2.05, 4.69) is 41.7 Å². The van der Waals surface area contributed by atoms with Crippen molar-refractivity contribution in [3.8, 4) is 5.75 Å². The Hall–Kier alpha value is -2.00. The number of hydrogen-bond donors (Lipinski definition) is 1. The smallest absolute Gasteiger partial charge is 0.119 e. The minimum absolute atomic E-state index is 0.267. The molecular weight excluding hydrogens is 274 g/mol. The highest BCUT2D eigenvalue weighted by molar-refractivity contribution is 5.46. The molecule has 1 aliphatic rings. The summed E-state index contributed by atoms with van der Waals surface area (Å²) in [5, 5.41) is 3.44. The van der Waals surface area contributed by atoms with Crippen LogP contribution in [0.2, 0.25) is 0 Å². The molecule has 3 nitrogen and oxygen atoms in total. The summed E-state index contributed by atoms with van der Waals surface area (Å²) in [7, 11) is 0. The first-order valence-corrected chi connectivity index (χ1v) is 8.02. The van der Waals surface area contributed by atoms with Gasteiger partial charge >= 0.3 is 0 Å². The van der Waals surface area contributed by atoms with Crippen molar-refractivity contribution in [3.63, 3.8) is 0 Å². The van der Waals surface area contributed by atoms with Gasteiger partial charge in [-0.3, -0.25) is 0 Å². The molecular formula is C19H23NO2. The van der Waals surface area contributed by atoms with Crippen LogP contribution < -0.4 is 10.1 Å². The highest BCUT2D eigenvalue weighted by Gasteiger charge is 2.15. The summed E-state index contributed by atoms with van der Waals surface area (Å²) in [4.78, 5) is 0. The van der Waals surface area contributed by atoms with Crippen molar-refractivity contribution in [2.24, 2.45) is 0 Å². The van der Waals surface area contributed by atoms with E-state index in [-0.39, 0.29) is 6.10 Å². The molecule has 0 aromatic heterocycles. The van der Waals surface area contributed by atoms with Gasteiger partial charge in [0.2, 0.25) is 0 Å². The van der Waals surface area contributed by atoms with Crippen molar-refractivity contribution in [2.45, 2.75) is 25.4 Å². The van der Waals surface area contributed by atoms with Gasteiger partial charge in [0.25, 0.3) is 0 Å². The number of rotatable bonds is 7. The molecule has 0 amide bonds. The molecule has 1 heterocycles. The van der Waals surface area contributed by atoms with Gasteiger partial charge in [0.1, 0.15) is 12.4 Å². The summed E-state index contributed by atoms with van der Waals surface area (Å²) in [6, 6.07) is 18.7. The number of ether oxygens (including phenoxy) is 2. The molecule has 1 N–H and O–H groups in total. The van der Waals surface area contributed by atoms with Crippen LogP contribution in [0.1, 0.15) is 18.4 Å². The molecule has 3 heteroatoms. The molecule has 22 heavy (non-hydrogen) atoms. The second-order valence-corrected chi connectivity index (χ2v) is 5.63. The van der Waals surface area contributed by atoms with Gasteiger partial charge in [0.15, 0.2) is 0 Å². The highest BCUT2D eigenvalue weighted by Crippen LogP contribution is 2.18. The third-order valence-corrected chi connectivity index (χ3v) is 3.90. The van der Waals surface area contributed by atoms with Crippen molar-refractivity contribution >= 4 is 5.69 Å². The SMILES string of the molecule is c1ccc(CCNc2ccc(OCC3CCCO3)cc2)cc1. The van der Waals surface area contributed by atoms with E-state index in [1.807, 2.05) is 18.2 Å². The van der Waals surface area contributed by atoms with Crippen LogP contribution in [0.4, 0.5) is 5.69 Å². The quantitative estimate of drug-likeness (QED) is 0.841. The van der Waals surface area contributed by atoms with Gasteiger partial charge in [0.05, 0.1) is 6.10 Å². The number of nitrogens with one attached hydrogen (secondary N) is 1. The summed E-state index contributed by atoms with van der Waals surface area (Å²) >= 11 is 0. The van der Waals surface area contributed by atoms with Crippen molar-refractivity contribution in [1.82, 2.24) is 0 Å². The van der Waals surface area contributed by atoms with E-state index in [0.29, 0.717) is 6.61 Å². The average Bonchev–Trinajstić information content (AvgIpc) is 3.09. The molecule has 1 saturated heterocycles. The minimum atomic E-state index is 0.267. The van der Waals surface area contributed by atoms with E-state index in [1.165, 1.54) is 5.56 Å². The van der Waals surface area contributed by atoms with Crippen LogP contribution in [0.15, 0.2) is 54.6 Å². The Morgan fingerprint density at radius 3 is 2.59 bits per heavy atom.